The van der Waals surface area contributed by atoms with Crippen LogP contribution in [0.1, 0.15) is 348 Å². The number of likely N-dealkylation sites (N-methyl/N-ethyl adjacent to an activating group) is 1. The average Bonchev–Trinajstić information content (AvgIpc) is 3.70. The van der Waals surface area contributed by atoms with Gasteiger partial charge in [-0.05, 0) is 83.5 Å². The minimum atomic E-state index is -4.37. The summed E-state index contributed by atoms with van der Waals surface area (Å²) >= 11 is 0. The molecule has 3 atom stereocenters. The Kier molecular flexibility index (Phi) is 65.3. The normalized spacial score (nSPS) is 14.1. The molecule has 502 valence electrons. The third-order valence-electron chi connectivity index (χ3n) is 16.6. The molecule has 3 N–H and O–H groups in total. The van der Waals surface area contributed by atoms with Crippen molar-refractivity contribution in [2.75, 3.05) is 40.9 Å². The topological polar surface area (TPSA) is 105 Å². The Morgan fingerprint density at radius 2 is 0.709 bits per heavy atom. The van der Waals surface area contributed by atoms with E-state index in [1.54, 1.807) is 6.08 Å². The second kappa shape index (κ2) is 67.1. The van der Waals surface area contributed by atoms with Crippen molar-refractivity contribution in [1.29, 1.82) is 0 Å². The molecule has 0 rings (SSSR count). The van der Waals surface area contributed by atoms with Crippen LogP contribution in [-0.2, 0) is 18.4 Å². The van der Waals surface area contributed by atoms with E-state index in [9.17, 15) is 19.4 Å². The van der Waals surface area contributed by atoms with E-state index in [-0.39, 0.29) is 19.1 Å². The lowest BCUT2D eigenvalue weighted by Crippen LogP contribution is -2.45. The standard InChI is InChI=1S/C77H143N2O6P/c1-6-8-10-12-14-16-18-20-22-24-26-28-30-32-34-36-37-38-39-40-41-43-45-47-49-51-53-55-57-59-61-63-65-67-69-71-77(81)78-75(74-85-86(82,83)84-73-72-79(3,4)5)76(80)70-68-66-64-62-60-58-56-54-52-50-48-46-44-42-35-33-31-29-27-25-23-21-19-17-15-13-11-9-7-2/h8,10,14,16,20,22,26,28,52,54,60,62,68,70,75-76,80H,6-7,9,11-13,15,17-19,21,23-25,27,29-51,53,55-59,61,63-67,69,71-74H2,1-5H3,(H-,78,81,82,83)/p+1/b10-8-,16-14-,22-20-,28-26-,54-52+,62-60+,70-68+. The Hall–Kier alpha value is -2.32. The summed E-state index contributed by atoms with van der Waals surface area (Å²) in [5, 5.41) is 14.0. The van der Waals surface area contributed by atoms with Crippen LogP contribution < -0.4 is 5.32 Å². The number of carbonyl (C=O) groups excluding carboxylic acids is 1. The molecule has 0 aromatic heterocycles. The summed E-state index contributed by atoms with van der Waals surface area (Å²) in [6, 6.07) is -0.874. The van der Waals surface area contributed by atoms with Gasteiger partial charge in [0.1, 0.15) is 13.2 Å². The van der Waals surface area contributed by atoms with Crippen molar-refractivity contribution in [3.05, 3.63) is 85.1 Å². The van der Waals surface area contributed by atoms with Gasteiger partial charge in [0.05, 0.1) is 39.9 Å². The Balaban J connectivity index is 4.06. The molecular formula is C77H144N2O6P+. The molecule has 1 amide bonds. The third kappa shape index (κ3) is 69.2. The number of aliphatic hydroxyl groups is 1. The van der Waals surface area contributed by atoms with E-state index in [4.69, 9.17) is 9.05 Å². The van der Waals surface area contributed by atoms with Crippen LogP contribution in [0.2, 0.25) is 0 Å². The molecule has 0 aliphatic carbocycles. The molecule has 3 unspecified atom stereocenters. The van der Waals surface area contributed by atoms with Crippen molar-refractivity contribution >= 4 is 13.7 Å². The number of amides is 1. The average molecular weight is 1220 g/mol. The molecule has 0 fully saturated rings. The van der Waals surface area contributed by atoms with Crippen LogP contribution in [0.25, 0.3) is 0 Å². The van der Waals surface area contributed by atoms with Gasteiger partial charge in [-0.2, -0.15) is 0 Å². The predicted molar refractivity (Wildman–Crippen MR) is 378 cm³/mol. The lowest BCUT2D eigenvalue weighted by atomic mass is 10.0. The molecule has 0 aliphatic heterocycles. The van der Waals surface area contributed by atoms with Crippen LogP contribution in [0, 0.1) is 0 Å². The molecule has 0 saturated carbocycles. The summed E-state index contributed by atoms with van der Waals surface area (Å²) in [7, 11) is 1.55. The fourth-order valence-corrected chi connectivity index (χ4v) is 11.6. The van der Waals surface area contributed by atoms with Gasteiger partial charge in [-0.3, -0.25) is 13.8 Å². The predicted octanol–water partition coefficient (Wildman–Crippen LogP) is 23.9. The van der Waals surface area contributed by atoms with Gasteiger partial charge in [0.25, 0.3) is 0 Å². The van der Waals surface area contributed by atoms with Crippen molar-refractivity contribution in [3.63, 3.8) is 0 Å². The van der Waals surface area contributed by atoms with Crippen molar-refractivity contribution in [1.82, 2.24) is 5.32 Å². The first-order valence-corrected chi connectivity index (χ1v) is 38.5. The Labute approximate surface area is 535 Å². The number of phosphoric ester groups is 1. The van der Waals surface area contributed by atoms with Crippen molar-refractivity contribution in [2.45, 2.75) is 360 Å². The van der Waals surface area contributed by atoms with Crippen LogP contribution in [0.3, 0.4) is 0 Å². The van der Waals surface area contributed by atoms with Gasteiger partial charge in [0.2, 0.25) is 5.91 Å². The number of hydrogen-bond acceptors (Lipinski definition) is 5. The highest BCUT2D eigenvalue weighted by Crippen LogP contribution is 2.43. The van der Waals surface area contributed by atoms with Crippen LogP contribution in [-0.4, -0.2) is 73.4 Å². The fourth-order valence-electron chi connectivity index (χ4n) is 10.9. The first kappa shape index (κ1) is 83.7. The first-order chi connectivity index (χ1) is 42.0. The lowest BCUT2D eigenvalue weighted by molar-refractivity contribution is -0.870. The summed E-state index contributed by atoms with van der Waals surface area (Å²) in [6.07, 6.45) is 96.2. The van der Waals surface area contributed by atoms with Gasteiger partial charge in [-0.1, -0.05) is 343 Å². The minimum absolute atomic E-state index is 0.0527. The third-order valence-corrected chi connectivity index (χ3v) is 17.6. The van der Waals surface area contributed by atoms with Gasteiger partial charge < -0.3 is 19.8 Å². The number of carbonyl (C=O) groups is 1. The Morgan fingerprint density at radius 3 is 1.07 bits per heavy atom. The largest absolute Gasteiger partial charge is 0.472 e. The molecule has 8 nitrogen and oxygen atoms in total. The number of quaternary nitrogens is 1. The van der Waals surface area contributed by atoms with Crippen molar-refractivity contribution in [3.8, 4) is 0 Å². The molecular weight excluding hydrogens is 1080 g/mol. The summed E-state index contributed by atoms with van der Waals surface area (Å²) in [6.45, 7) is 4.72. The smallest absolute Gasteiger partial charge is 0.387 e. The second-order valence-corrected chi connectivity index (χ2v) is 27.7. The highest BCUT2D eigenvalue weighted by atomic mass is 31.2. The maximum absolute atomic E-state index is 13.1. The molecule has 86 heavy (non-hydrogen) atoms. The van der Waals surface area contributed by atoms with E-state index in [0.29, 0.717) is 17.4 Å². The summed E-state index contributed by atoms with van der Waals surface area (Å²) in [5.41, 5.74) is 0. The Morgan fingerprint density at radius 1 is 0.407 bits per heavy atom. The SMILES string of the molecule is CC/C=C\C/C=C\C/C=C\C/C=C\CCCCCCCCCCCCCCCCCCCCCCCCC(=O)NC(COP(=O)(O)OCC[N+](C)(C)C)C(O)/C=C/CC/C=C/CC/C=C/CCCCCCCCCCCCCCCCCCCCC. The van der Waals surface area contributed by atoms with E-state index in [2.05, 4.69) is 92.1 Å². The molecule has 9 heteroatoms. The van der Waals surface area contributed by atoms with Crippen LogP contribution in [0.15, 0.2) is 85.1 Å². The number of allylic oxidation sites excluding steroid dienone is 13. The van der Waals surface area contributed by atoms with E-state index in [0.717, 1.165) is 70.6 Å². The number of unbranched alkanes of at least 4 members (excludes halogenated alkanes) is 43. The van der Waals surface area contributed by atoms with E-state index >= 15 is 0 Å². The van der Waals surface area contributed by atoms with Gasteiger partial charge in [0.15, 0.2) is 0 Å². The number of aliphatic hydroxyl groups excluding tert-OH is 1. The van der Waals surface area contributed by atoms with Crippen LogP contribution >= 0.6 is 7.82 Å². The molecule has 0 heterocycles. The highest BCUT2D eigenvalue weighted by molar-refractivity contribution is 7.47. The zero-order chi connectivity index (χ0) is 62.6. The zero-order valence-corrected chi connectivity index (χ0v) is 58.4. The van der Waals surface area contributed by atoms with Crippen LogP contribution in [0.5, 0.6) is 0 Å². The van der Waals surface area contributed by atoms with Crippen LogP contribution in [0.4, 0.5) is 0 Å². The maximum atomic E-state index is 13.1. The number of nitrogens with one attached hydrogen (secondary N) is 1. The number of rotatable bonds is 68. The number of phosphoric acid groups is 1. The van der Waals surface area contributed by atoms with Gasteiger partial charge in [-0.25, -0.2) is 4.57 Å². The summed E-state index contributed by atoms with van der Waals surface area (Å²) in [5.74, 6) is -0.186. The van der Waals surface area contributed by atoms with Crippen molar-refractivity contribution in [2.24, 2.45) is 0 Å². The van der Waals surface area contributed by atoms with E-state index in [1.165, 1.54) is 257 Å². The van der Waals surface area contributed by atoms with E-state index in [1.807, 2.05) is 27.2 Å². The molecule has 0 spiro atoms. The molecule has 0 aliphatic rings. The summed E-state index contributed by atoms with van der Waals surface area (Å²) in [4.78, 5) is 23.4. The molecule has 0 aromatic rings. The molecule has 0 radical (unpaired) electrons. The lowest BCUT2D eigenvalue weighted by Gasteiger charge is -2.25. The maximum Gasteiger partial charge on any atom is 0.472 e. The van der Waals surface area contributed by atoms with E-state index < -0.39 is 20.0 Å². The molecule has 0 saturated heterocycles. The molecule has 0 bridgehead atoms. The van der Waals surface area contributed by atoms with Gasteiger partial charge in [-0.15, -0.1) is 0 Å². The number of hydrogen-bond donors (Lipinski definition) is 3. The Bertz CT molecular complexity index is 1680. The fraction of sp³-hybridized carbons (Fsp3) is 0.805. The minimum Gasteiger partial charge on any atom is -0.387 e. The second-order valence-electron chi connectivity index (χ2n) is 26.3. The zero-order valence-electron chi connectivity index (χ0n) is 57.6. The highest BCUT2D eigenvalue weighted by Gasteiger charge is 2.28. The number of nitrogens with zero attached hydrogens (tertiary/aromatic N) is 1. The van der Waals surface area contributed by atoms with Gasteiger partial charge >= 0.3 is 7.82 Å². The quantitative estimate of drug-likeness (QED) is 0.0243. The summed E-state index contributed by atoms with van der Waals surface area (Å²) < 4.78 is 23.8. The van der Waals surface area contributed by atoms with Gasteiger partial charge in [0, 0.05) is 6.42 Å². The monoisotopic (exact) mass is 1220 g/mol. The van der Waals surface area contributed by atoms with Crippen molar-refractivity contribution < 1.29 is 32.9 Å². The molecule has 0 aromatic carbocycles. The first-order valence-electron chi connectivity index (χ1n) is 37.0.